The van der Waals surface area contributed by atoms with Gasteiger partial charge in [-0.05, 0) is 80.2 Å². The number of fused-ring (bicyclic) bond motifs is 1. The quantitative estimate of drug-likeness (QED) is 0.541. The number of nitrogens with zero attached hydrogens (tertiary/aromatic N) is 4. The van der Waals surface area contributed by atoms with Crippen LogP contribution in [-0.4, -0.2) is 27.6 Å². The highest BCUT2D eigenvalue weighted by Gasteiger charge is 2.34. The zero-order valence-corrected chi connectivity index (χ0v) is 20.1. The minimum absolute atomic E-state index is 0.0212. The van der Waals surface area contributed by atoms with Crippen LogP contribution in [0.1, 0.15) is 65.3 Å². The van der Waals surface area contributed by atoms with Gasteiger partial charge in [-0.25, -0.2) is 4.98 Å². The lowest BCUT2D eigenvalue weighted by Gasteiger charge is -2.39. The third-order valence-corrected chi connectivity index (χ3v) is 7.24. The average Bonchev–Trinajstić information content (AvgIpc) is 2.78. The molecule has 1 aliphatic heterocycles. The van der Waals surface area contributed by atoms with Crippen molar-refractivity contribution < 1.29 is 0 Å². The largest absolute Gasteiger partial charge is 0.372 e. The summed E-state index contributed by atoms with van der Waals surface area (Å²) >= 11 is 0. The molecular weight excluding hydrogens is 410 g/mol. The second-order valence-electron chi connectivity index (χ2n) is 10.8. The number of piperidine rings is 1. The van der Waals surface area contributed by atoms with Crippen molar-refractivity contribution in [1.82, 2.24) is 14.5 Å². The maximum Gasteiger partial charge on any atom is 0.252 e. The highest BCUT2D eigenvalue weighted by molar-refractivity contribution is 5.76. The first-order chi connectivity index (χ1) is 15.9. The van der Waals surface area contributed by atoms with E-state index in [-0.39, 0.29) is 17.0 Å². The fourth-order valence-electron chi connectivity index (χ4n) is 5.98. The van der Waals surface area contributed by atoms with E-state index in [4.69, 9.17) is 4.98 Å². The first-order valence-corrected chi connectivity index (χ1v) is 12.4. The van der Waals surface area contributed by atoms with Crippen LogP contribution in [-0.2, 0) is 0 Å². The summed E-state index contributed by atoms with van der Waals surface area (Å²) in [6.45, 7) is 9.17. The van der Waals surface area contributed by atoms with Crippen molar-refractivity contribution in [3.05, 3.63) is 52.9 Å². The van der Waals surface area contributed by atoms with E-state index in [0.29, 0.717) is 11.9 Å². The Kier molecular flexibility index (Phi) is 5.85. The van der Waals surface area contributed by atoms with Gasteiger partial charge < -0.3 is 10.2 Å². The van der Waals surface area contributed by atoms with E-state index in [1.165, 1.54) is 31.4 Å². The smallest absolute Gasteiger partial charge is 0.252 e. The van der Waals surface area contributed by atoms with E-state index in [1.54, 1.807) is 6.07 Å². The van der Waals surface area contributed by atoms with Crippen LogP contribution in [0.5, 0.6) is 0 Å². The van der Waals surface area contributed by atoms with Gasteiger partial charge in [0.15, 0.2) is 0 Å². The molecule has 3 heterocycles. The van der Waals surface area contributed by atoms with E-state index in [0.717, 1.165) is 42.7 Å². The molecule has 2 unspecified atom stereocenters. The Bertz CT molecular complexity index is 1180. The topological polar surface area (TPSA) is 63.1 Å². The van der Waals surface area contributed by atoms with Gasteiger partial charge in [-0.1, -0.05) is 20.8 Å². The molecule has 1 saturated heterocycles. The number of aromatic nitrogens is 3. The van der Waals surface area contributed by atoms with Crippen LogP contribution < -0.4 is 15.8 Å². The highest BCUT2D eigenvalue weighted by Crippen LogP contribution is 2.44. The summed E-state index contributed by atoms with van der Waals surface area (Å²) in [5.41, 5.74) is 3.18. The zero-order chi connectivity index (χ0) is 23.0. The lowest BCUT2D eigenvalue weighted by Crippen LogP contribution is -2.34. The minimum atomic E-state index is 0.0212. The number of hydrogen-bond donors (Lipinski definition) is 1. The van der Waals surface area contributed by atoms with Crippen LogP contribution in [0.3, 0.4) is 0 Å². The molecule has 1 saturated carbocycles. The van der Waals surface area contributed by atoms with Gasteiger partial charge >= 0.3 is 0 Å². The average molecular weight is 446 g/mol. The van der Waals surface area contributed by atoms with Gasteiger partial charge in [-0.2, -0.15) is 4.98 Å². The summed E-state index contributed by atoms with van der Waals surface area (Å²) in [4.78, 5) is 24.8. The summed E-state index contributed by atoms with van der Waals surface area (Å²) in [5, 5.41) is 4.24. The molecule has 3 aromatic rings. The number of nitrogens with one attached hydrogen (secondary N) is 1. The van der Waals surface area contributed by atoms with Gasteiger partial charge in [0.05, 0.1) is 0 Å². The molecule has 6 heteroatoms. The highest BCUT2D eigenvalue weighted by atomic mass is 16.1. The van der Waals surface area contributed by atoms with Crippen LogP contribution in [0.2, 0.25) is 0 Å². The standard InChI is InChI=1S/C27H35N5O/c1-19-15-23(17-27(2,3)16-19)32-24(33)12-7-20-18-28-26(30-25(20)32)29-21-8-10-22(11-9-21)31-13-5-4-6-14-31/h7-12,18-19,23H,4-6,13-17H2,1-3H3,(H,28,29,30). The second kappa shape index (κ2) is 8.81. The molecule has 1 N–H and O–H groups in total. The van der Waals surface area contributed by atoms with Crippen LogP contribution in [0.4, 0.5) is 17.3 Å². The zero-order valence-electron chi connectivity index (χ0n) is 20.1. The number of anilines is 3. The van der Waals surface area contributed by atoms with Crippen molar-refractivity contribution >= 4 is 28.4 Å². The molecule has 0 amide bonds. The van der Waals surface area contributed by atoms with E-state index < -0.39 is 0 Å². The maximum atomic E-state index is 13.0. The summed E-state index contributed by atoms with van der Waals surface area (Å²) < 4.78 is 1.92. The van der Waals surface area contributed by atoms with Crippen molar-refractivity contribution in [2.45, 2.75) is 65.3 Å². The minimum Gasteiger partial charge on any atom is -0.372 e. The molecule has 2 fully saturated rings. The van der Waals surface area contributed by atoms with Crippen molar-refractivity contribution in [3.63, 3.8) is 0 Å². The van der Waals surface area contributed by atoms with Crippen molar-refractivity contribution in [1.29, 1.82) is 0 Å². The molecule has 0 radical (unpaired) electrons. The Labute approximate surface area is 196 Å². The third kappa shape index (κ3) is 4.75. The fourth-order valence-corrected chi connectivity index (χ4v) is 5.98. The Hall–Kier alpha value is -2.89. The van der Waals surface area contributed by atoms with Gasteiger partial charge in [0.25, 0.3) is 5.56 Å². The molecule has 2 aliphatic rings. The number of rotatable bonds is 4. The lowest BCUT2D eigenvalue weighted by molar-refractivity contribution is 0.137. The predicted molar refractivity (Wildman–Crippen MR) is 135 cm³/mol. The number of pyridine rings is 1. The summed E-state index contributed by atoms with van der Waals surface area (Å²) in [5.74, 6) is 1.11. The summed E-state index contributed by atoms with van der Waals surface area (Å²) in [6, 6.07) is 12.1. The van der Waals surface area contributed by atoms with Crippen LogP contribution >= 0.6 is 0 Å². The van der Waals surface area contributed by atoms with Gasteiger partial charge in [-0.3, -0.25) is 9.36 Å². The first-order valence-electron chi connectivity index (χ1n) is 12.4. The molecule has 0 spiro atoms. The molecule has 6 nitrogen and oxygen atoms in total. The van der Waals surface area contributed by atoms with E-state index in [1.807, 2.05) is 16.8 Å². The summed E-state index contributed by atoms with van der Waals surface area (Å²) in [7, 11) is 0. The third-order valence-electron chi connectivity index (χ3n) is 7.24. The van der Waals surface area contributed by atoms with Crippen LogP contribution in [0, 0.1) is 11.3 Å². The Balaban J connectivity index is 1.43. The molecule has 33 heavy (non-hydrogen) atoms. The number of benzene rings is 1. The molecule has 2 aromatic heterocycles. The molecule has 0 bridgehead atoms. The van der Waals surface area contributed by atoms with Crippen molar-refractivity contribution in [2.24, 2.45) is 11.3 Å². The van der Waals surface area contributed by atoms with E-state index >= 15 is 0 Å². The molecular formula is C27H35N5O. The molecule has 1 aromatic carbocycles. The van der Waals surface area contributed by atoms with Crippen molar-refractivity contribution in [3.8, 4) is 0 Å². The molecule has 2 atom stereocenters. The maximum absolute atomic E-state index is 13.0. The monoisotopic (exact) mass is 445 g/mol. The van der Waals surface area contributed by atoms with E-state index in [9.17, 15) is 4.79 Å². The van der Waals surface area contributed by atoms with Gasteiger partial charge in [0.2, 0.25) is 5.95 Å². The Morgan fingerprint density at radius 3 is 2.48 bits per heavy atom. The SMILES string of the molecule is CC1CC(n2c(=O)ccc3cnc(Nc4ccc(N5CCCCC5)cc4)nc32)CC(C)(C)C1. The Morgan fingerprint density at radius 2 is 1.76 bits per heavy atom. The number of hydrogen-bond acceptors (Lipinski definition) is 5. The molecule has 1 aliphatic carbocycles. The van der Waals surface area contributed by atoms with Crippen LogP contribution in [0.25, 0.3) is 11.0 Å². The molecule has 5 rings (SSSR count). The lowest BCUT2D eigenvalue weighted by atomic mass is 9.70. The first kappa shape index (κ1) is 21.9. The second-order valence-corrected chi connectivity index (χ2v) is 10.8. The van der Waals surface area contributed by atoms with Gasteiger partial charge in [0, 0.05) is 48.2 Å². The Morgan fingerprint density at radius 1 is 1.00 bits per heavy atom. The van der Waals surface area contributed by atoms with Gasteiger partial charge in [0.1, 0.15) is 5.65 Å². The normalized spacial score (nSPS) is 22.9. The van der Waals surface area contributed by atoms with E-state index in [2.05, 4.69) is 60.2 Å². The predicted octanol–water partition coefficient (Wildman–Crippen LogP) is 5.91. The fraction of sp³-hybridized carbons (Fsp3) is 0.519. The van der Waals surface area contributed by atoms with Crippen molar-refractivity contribution in [2.75, 3.05) is 23.3 Å². The summed E-state index contributed by atoms with van der Waals surface area (Å²) in [6.07, 6.45) is 8.87. The van der Waals surface area contributed by atoms with Gasteiger partial charge in [-0.15, -0.1) is 0 Å². The molecule has 174 valence electrons. The van der Waals surface area contributed by atoms with Crippen LogP contribution in [0.15, 0.2) is 47.4 Å².